The van der Waals surface area contributed by atoms with Crippen molar-refractivity contribution in [2.24, 2.45) is 5.92 Å². The van der Waals surface area contributed by atoms with Gasteiger partial charge in [0.15, 0.2) is 0 Å². The Morgan fingerprint density at radius 2 is 1.87 bits per heavy atom. The third kappa shape index (κ3) is 2.23. The van der Waals surface area contributed by atoms with Gasteiger partial charge in [-0.1, -0.05) is 44.9 Å². The molecule has 0 aliphatic carbocycles. The van der Waals surface area contributed by atoms with Gasteiger partial charge in [-0.2, -0.15) is 0 Å². The van der Waals surface area contributed by atoms with Crippen molar-refractivity contribution in [3.8, 4) is 0 Å². The molecule has 1 nitrogen and oxygen atoms in total. The highest BCUT2D eigenvalue weighted by atomic mass is 16.3. The molecule has 0 unspecified atom stereocenters. The van der Waals surface area contributed by atoms with Crippen molar-refractivity contribution in [3.05, 3.63) is 36.1 Å². The molecule has 2 aromatic rings. The summed E-state index contributed by atoms with van der Waals surface area (Å²) in [4.78, 5) is 0. The normalized spacial score (nSPS) is 11.4. The van der Waals surface area contributed by atoms with E-state index in [0.29, 0.717) is 0 Å². The average molecular weight is 202 g/mol. The summed E-state index contributed by atoms with van der Waals surface area (Å²) in [6.07, 6.45) is 3.53. The van der Waals surface area contributed by atoms with Gasteiger partial charge < -0.3 is 4.42 Å². The Kier molecular flexibility index (Phi) is 3.10. The van der Waals surface area contributed by atoms with Crippen LogP contribution >= 0.6 is 0 Å². The average Bonchev–Trinajstić information content (AvgIpc) is 2.68. The molecule has 0 saturated heterocycles. The van der Waals surface area contributed by atoms with Gasteiger partial charge in [-0.3, -0.25) is 0 Å². The number of rotatable bonds is 4. The Balaban J connectivity index is 2.21. The predicted molar refractivity (Wildman–Crippen MR) is 64.0 cm³/mol. The Morgan fingerprint density at radius 1 is 1.13 bits per heavy atom. The molecule has 0 amide bonds. The summed E-state index contributed by atoms with van der Waals surface area (Å²) in [6.45, 7) is 4.49. The summed E-state index contributed by atoms with van der Waals surface area (Å²) in [5.41, 5.74) is 1.01. The first-order valence-corrected chi connectivity index (χ1v) is 5.81. The molecule has 1 heteroatoms. The number of para-hydroxylation sites is 1. The van der Waals surface area contributed by atoms with Gasteiger partial charge in [0.2, 0.25) is 0 Å². The van der Waals surface area contributed by atoms with E-state index < -0.39 is 0 Å². The second-order valence-corrected chi connectivity index (χ2v) is 4.14. The lowest BCUT2D eigenvalue weighted by Crippen LogP contribution is -2.00. The minimum atomic E-state index is 0.755. The highest BCUT2D eigenvalue weighted by molar-refractivity contribution is 5.77. The lowest BCUT2D eigenvalue weighted by molar-refractivity contribution is 0.433. The molecule has 1 aromatic heterocycles. The van der Waals surface area contributed by atoms with Crippen molar-refractivity contribution in [3.63, 3.8) is 0 Å². The molecule has 0 radical (unpaired) electrons. The molecule has 0 spiro atoms. The van der Waals surface area contributed by atoms with E-state index in [-0.39, 0.29) is 0 Å². The van der Waals surface area contributed by atoms with E-state index in [1.807, 2.05) is 12.1 Å². The van der Waals surface area contributed by atoms with Crippen molar-refractivity contribution < 1.29 is 4.42 Å². The molecular weight excluding hydrogens is 184 g/mol. The van der Waals surface area contributed by atoms with E-state index in [9.17, 15) is 0 Å². The number of fused-ring (bicyclic) bond motifs is 1. The maximum atomic E-state index is 5.80. The number of furan rings is 1. The molecule has 2 rings (SSSR count). The van der Waals surface area contributed by atoms with Gasteiger partial charge in [0, 0.05) is 11.8 Å². The topological polar surface area (TPSA) is 13.1 Å². The molecule has 15 heavy (non-hydrogen) atoms. The largest absolute Gasteiger partial charge is 0.461 e. The summed E-state index contributed by atoms with van der Waals surface area (Å²) in [5.74, 6) is 1.88. The second kappa shape index (κ2) is 4.52. The first kappa shape index (κ1) is 10.3. The van der Waals surface area contributed by atoms with Gasteiger partial charge in [0.25, 0.3) is 0 Å². The van der Waals surface area contributed by atoms with E-state index in [1.165, 1.54) is 18.2 Å². The van der Waals surface area contributed by atoms with Crippen LogP contribution in [0.2, 0.25) is 0 Å². The molecule has 80 valence electrons. The van der Waals surface area contributed by atoms with Crippen molar-refractivity contribution >= 4 is 11.0 Å². The Hall–Kier alpha value is -1.24. The molecule has 0 saturated carbocycles. The van der Waals surface area contributed by atoms with E-state index >= 15 is 0 Å². The van der Waals surface area contributed by atoms with Crippen LogP contribution in [0, 0.1) is 5.92 Å². The van der Waals surface area contributed by atoms with Crippen molar-refractivity contribution in [1.82, 2.24) is 0 Å². The van der Waals surface area contributed by atoms with Gasteiger partial charge in [-0.15, -0.1) is 0 Å². The van der Waals surface area contributed by atoms with Crippen LogP contribution in [-0.4, -0.2) is 0 Å². The smallest absolute Gasteiger partial charge is 0.134 e. The Bertz CT molecular complexity index is 391. The van der Waals surface area contributed by atoms with E-state index in [1.54, 1.807) is 0 Å². The third-order valence-corrected chi connectivity index (χ3v) is 3.12. The Morgan fingerprint density at radius 3 is 2.53 bits per heavy atom. The number of hydrogen-bond acceptors (Lipinski definition) is 1. The van der Waals surface area contributed by atoms with E-state index in [0.717, 1.165) is 23.7 Å². The van der Waals surface area contributed by atoms with Crippen LogP contribution in [0.25, 0.3) is 11.0 Å². The van der Waals surface area contributed by atoms with Crippen LogP contribution in [0.4, 0.5) is 0 Å². The summed E-state index contributed by atoms with van der Waals surface area (Å²) < 4.78 is 5.80. The molecular formula is C14H18O. The molecule has 0 atom stereocenters. The van der Waals surface area contributed by atoms with Crippen molar-refractivity contribution in [1.29, 1.82) is 0 Å². The third-order valence-electron chi connectivity index (χ3n) is 3.12. The van der Waals surface area contributed by atoms with Gasteiger partial charge in [-0.05, 0) is 18.1 Å². The quantitative estimate of drug-likeness (QED) is 0.715. The minimum Gasteiger partial charge on any atom is -0.461 e. The summed E-state index contributed by atoms with van der Waals surface area (Å²) in [5, 5.41) is 1.22. The van der Waals surface area contributed by atoms with Crippen LogP contribution in [0.1, 0.15) is 32.4 Å². The molecule has 0 aliphatic heterocycles. The van der Waals surface area contributed by atoms with Gasteiger partial charge in [0.1, 0.15) is 11.3 Å². The minimum absolute atomic E-state index is 0.755. The summed E-state index contributed by atoms with van der Waals surface area (Å²) >= 11 is 0. The Labute approximate surface area is 91.1 Å². The second-order valence-electron chi connectivity index (χ2n) is 4.14. The van der Waals surface area contributed by atoms with Gasteiger partial charge in [-0.25, -0.2) is 0 Å². The van der Waals surface area contributed by atoms with Gasteiger partial charge >= 0.3 is 0 Å². The fourth-order valence-electron chi connectivity index (χ4n) is 2.00. The lowest BCUT2D eigenvalue weighted by Gasteiger charge is -2.08. The first-order chi connectivity index (χ1) is 7.33. The molecule has 1 heterocycles. The fourth-order valence-corrected chi connectivity index (χ4v) is 2.00. The standard InChI is InChI=1S/C14H18O/c1-3-11(4-2)9-13-10-12-7-5-6-8-14(12)15-13/h5-8,10-11H,3-4,9H2,1-2H3. The van der Waals surface area contributed by atoms with Crippen LogP contribution in [-0.2, 0) is 6.42 Å². The maximum Gasteiger partial charge on any atom is 0.134 e. The van der Waals surface area contributed by atoms with Gasteiger partial charge in [0.05, 0.1) is 0 Å². The van der Waals surface area contributed by atoms with Crippen molar-refractivity contribution in [2.75, 3.05) is 0 Å². The first-order valence-electron chi connectivity index (χ1n) is 5.81. The monoisotopic (exact) mass is 202 g/mol. The van der Waals surface area contributed by atoms with Crippen molar-refractivity contribution in [2.45, 2.75) is 33.1 Å². The van der Waals surface area contributed by atoms with Crippen LogP contribution in [0.3, 0.4) is 0 Å². The predicted octanol–water partition coefficient (Wildman–Crippen LogP) is 4.41. The maximum absolute atomic E-state index is 5.80. The zero-order valence-corrected chi connectivity index (χ0v) is 9.49. The molecule has 0 N–H and O–H groups in total. The summed E-state index contributed by atoms with van der Waals surface area (Å²) in [7, 11) is 0. The number of benzene rings is 1. The van der Waals surface area contributed by atoms with E-state index in [2.05, 4.69) is 32.0 Å². The molecule has 0 aliphatic rings. The van der Waals surface area contributed by atoms with Crippen LogP contribution in [0.5, 0.6) is 0 Å². The SMILES string of the molecule is CCC(CC)Cc1cc2ccccc2o1. The highest BCUT2D eigenvalue weighted by Gasteiger charge is 2.09. The zero-order valence-electron chi connectivity index (χ0n) is 9.49. The van der Waals surface area contributed by atoms with Crippen LogP contribution in [0.15, 0.2) is 34.7 Å². The van der Waals surface area contributed by atoms with Crippen LogP contribution < -0.4 is 0 Å². The lowest BCUT2D eigenvalue weighted by atomic mass is 9.98. The molecule has 0 fully saturated rings. The number of hydrogen-bond donors (Lipinski definition) is 0. The fraction of sp³-hybridized carbons (Fsp3) is 0.429. The molecule has 1 aromatic carbocycles. The van der Waals surface area contributed by atoms with E-state index in [4.69, 9.17) is 4.42 Å². The highest BCUT2D eigenvalue weighted by Crippen LogP contribution is 2.23. The summed E-state index contributed by atoms with van der Waals surface area (Å²) in [6, 6.07) is 10.4. The molecule has 0 bridgehead atoms. The zero-order chi connectivity index (χ0) is 10.7.